The molecule has 1 amide bonds. The lowest BCUT2D eigenvalue weighted by molar-refractivity contribution is -0.139. The van der Waals surface area contributed by atoms with Crippen LogP contribution in [-0.2, 0) is 9.53 Å². The minimum Gasteiger partial charge on any atom is -0.381 e. The minimum absolute atomic E-state index is 0.0400. The van der Waals surface area contributed by atoms with Crippen molar-refractivity contribution in [2.45, 2.75) is 38.7 Å². The van der Waals surface area contributed by atoms with E-state index >= 15 is 0 Å². The molecule has 2 rings (SSSR count). The standard InChI is InChI=1S/C13H24N2O2/c1-10(17-2)11(3-7-14)12(16)15-8-6-13(9-15)4-5-13/h10-11H,3-9,14H2,1-2H3/t10-,11?/m1/s1. The smallest absolute Gasteiger partial charge is 0.228 e. The van der Waals surface area contributed by atoms with Gasteiger partial charge in [-0.1, -0.05) is 0 Å². The van der Waals surface area contributed by atoms with Crippen LogP contribution in [0.5, 0.6) is 0 Å². The first kappa shape index (κ1) is 12.8. The number of nitrogens with zero attached hydrogens (tertiary/aromatic N) is 1. The van der Waals surface area contributed by atoms with Gasteiger partial charge in [0.25, 0.3) is 0 Å². The van der Waals surface area contributed by atoms with E-state index < -0.39 is 0 Å². The van der Waals surface area contributed by atoms with Gasteiger partial charge in [0.15, 0.2) is 0 Å². The zero-order chi connectivity index (χ0) is 12.5. The first-order valence-corrected chi connectivity index (χ1v) is 6.63. The highest BCUT2D eigenvalue weighted by Gasteiger charge is 2.49. The lowest BCUT2D eigenvalue weighted by atomic mass is 9.98. The molecule has 1 aliphatic carbocycles. The van der Waals surface area contributed by atoms with E-state index in [1.807, 2.05) is 11.8 Å². The van der Waals surface area contributed by atoms with Crippen molar-refractivity contribution in [1.82, 2.24) is 4.90 Å². The van der Waals surface area contributed by atoms with Gasteiger partial charge in [-0.15, -0.1) is 0 Å². The second-order valence-electron chi connectivity index (χ2n) is 5.63. The normalized spacial score (nSPS) is 25.0. The fraction of sp³-hybridized carbons (Fsp3) is 0.923. The second kappa shape index (κ2) is 4.94. The molecular weight excluding hydrogens is 216 g/mol. The topological polar surface area (TPSA) is 55.6 Å². The van der Waals surface area contributed by atoms with E-state index in [0.29, 0.717) is 12.0 Å². The van der Waals surface area contributed by atoms with E-state index in [0.717, 1.165) is 19.5 Å². The van der Waals surface area contributed by atoms with Crippen LogP contribution >= 0.6 is 0 Å². The summed E-state index contributed by atoms with van der Waals surface area (Å²) in [4.78, 5) is 14.5. The minimum atomic E-state index is -0.0705. The van der Waals surface area contributed by atoms with Gasteiger partial charge in [0.2, 0.25) is 5.91 Å². The molecule has 1 heterocycles. The quantitative estimate of drug-likeness (QED) is 0.780. The third-order valence-corrected chi connectivity index (χ3v) is 4.44. The summed E-state index contributed by atoms with van der Waals surface area (Å²) in [6.07, 6.45) is 4.48. The summed E-state index contributed by atoms with van der Waals surface area (Å²) in [5.74, 6) is 0.174. The van der Waals surface area contributed by atoms with Gasteiger partial charge in [-0.3, -0.25) is 4.79 Å². The Morgan fingerprint density at radius 1 is 1.47 bits per heavy atom. The Bertz CT molecular complexity index is 289. The number of amides is 1. The summed E-state index contributed by atoms with van der Waals surface area (Å²) < 4.78 is 5.31. The second-order valence-corrected chi connectivity index (χ2v) is 5.63. The highest BCUT2D eigenvalue weighted by molar-refractivity contribution is 5.79. The molecule has 2 fully saturated rings. The van der Waals surface area contributed by atoms with Gasteiger partial charge in [-0.2, -0.15) is 0 Å². The van der Waals surface area contributed by atoms with Crippen LogP contribution in [0.1, 0.15) is 32.6 Å². The molecular formula is C13H24N2O2. The maximum Gasteiger partial charge on any atom is 0.228 e. The van der Waals surface area contributed by atoms with Gasteiger partial charge in [-0.25, -0.2) is 0 Å². The Morgan fingerprint density at radius 2 is 2.18 bits per heavy atom. The molecule has 2 aliphatic rings. The Labute approximate surface area is 103 Å². The van der Waals surface area contributed by atoms with E-state index in [4.69, 9.17) is 10.5 Å². The van der Waals surface area contributed by atoms with Crippen molar-refractivity contribution in [2.24, 2.45) is 17.1 Å². The van der Waals surface area contributed by atoms with Crippen LogP contribution in [0.25, 0.3) is 0 Å². The molecule has 1 spiro atoms. The number of rotatable bonds is 5. The molecule has 1 saturated carbocycles. The summed E-state index contributed by atoms with van der Waals surface area (Å²) in [6.45, 7) is 4.39. The first-order valence-electron chi connectivity index (χ1n) is 6.63. The van der Waals surface area contributed by atoms with E-state index in [2.05, 4.69) is 0 Å². The first-order chi connectivity index (χ1) is 8.12. The average molecular weight is 240 g/mol. The molecule has 17 heavy (non-hydrogen) atoms. The predicted octanol–water partition coefficient (Wildman–Crippen LogP) is 0.999. The number of carbonyl (C=O) groups excluding carboxylic acids is 1. The van der Waals surface area contributed by atoms with Crippen molar-refractivity contribution in [3.05, 3.63) is 0 Å². The third-order valence-electron chi connectivity index (χ3n) is 4.44. The number of methoxy groups -OCH3 is 1. The summed E-state index contributed by atoms with van der Waals surface area (Å²) >= 11 is 0. The maximum absolute atomic E-state index is 12.4. The third kappa shape index (κ3) is 2.63. The molecule has 0 bridgehead atoms. The number of carbonyl (C=O) groups is 1. The van der Waals surface area contributed by atoms with Gasteiger partial charge in [-0.05, 0) is 44.6 Å². The lowest BCUT2D eigenvalue weighted by Crippen LogP contribution is -2.40. The fourth-order valence-electron chi connectivity index (χ4n) is 2.85. The van der Waals surface area contributed by atoms with Crippen molar-refractivity contribution in [2.75, 3.05) is 26.7 Å². The molecule has 0 aromatic carbocycles. The number of hydrogen-bond donors (Lipinski definition) is 1. The molecule has 4 nitrogen and oxygen atoms in total. The van der Waals surface area contributed by atoms with Crippen LogP contribution in [0.15, 0.2) is 0 Å². The van der Waals surface area contributed by atoms with Gasteiger partial charge in [0.1, 0.15) is 0 Å². The van der Waals surface area contributed by atoms with Crippen LogP contribution in [0.4, 0.5) is 0 Å². The molecule has 0 aromatic rings. The van der Waals surface area contributed by atoms with Crippen LogP contribution in [0.3, 0.4) is 0 Å². The molecule has 2 N–H and O–H groups in total. The molecule has 98 valence electrons. The van der Waals surface area contributed by atoms with Crippen LogP contribution < -0.4 is 5.73 Å². The number of likely N-dealkylation sites (tertiary alicyclic amines) is 1. The van der Waals surface area contributed by atoms with Crippen molar-refractivity contribution < 1.29 is 9.53 Å². The van der Waals surface area contributed by atoms with E-state index in [1.54, 1.807) is 7.11 Å². The molecule has 1 unspecified atom stereocenters. The zero-order valence-electron chi connectivity index (χ0n) is 10.9. The molecule has 0 radical (unpaired) electrons. The van der Waals surface area contributed by atoms with Gasteiger partial charge < -0.3 is 15.4 Å². The summed E-state index contributed by atoms with van der Waals surface area (Å²) in [5.41, 5.74) is 6.10. The van der Waals surface area contributed by atoms with Crippen molar-refractivity contribution >= 4 is 5.91 Å². The van der Waals surface area contributed by atoms with Crippen molar-refractivity contribution in [3.8, 4) is 0 Å². The highest BCUT2D eigenvalue weighted by Crippen LogP contribution is 2.52. The van der Waals surface area contributed by atoms with Gasteiger partial charge in [0.05, 0.1) is 12.0 Å². The SMILES string of the molecule is CO[C@H](C)C(CCN)C(=O)N1CCC2(CC2)C1. The Hall–Kier alpha value is -0.610. The van der Waals surface area contributed by atoms with Crippen molar-refractivity contribution in [1.29, 1.82) is 0 Å². The lowest BCUT2D eigenvalue weighted by Gasteiger charge is -2.27. The molecule has 0 aromatic heterocycles. The summed E-state index contributed by atoms with van der Waals surface area (Å²) in [7, 11) is 1.66. The van der Waals surface area contributed by atoms with E-state index in [-0.39, 0.29) is 17.9 Å². The largest absolute Gasteiger partial charge is 0.381 e. The fourth-order valence-corrected chi connectivity index (χ4v) is 2.85. The Balaban J connectivity index is 1.95. The average Bonchev–Trinajstić information content (AvgIpc) is 2.95. The molecule has 1 saturated heterocycles. The number of hydrogen-bond acceptors (Lipinski definition) is 3. The monoisotopic (exact) mass is 240 g/mol. The Morgan fingerprint density at radius 3 is 2.65 bits per heavy atom. The van der Waals surface area contributed by atoms with Gasteiger partial charge >= 0.3 is 0 Å². The summed E-state index contributed by atoms with van der Waals surface area (Å²) in [5, 5.41) is 0. The zero-order valence-corrected chi connectivity index (χ0v) is 10.9. The molecule has 1 aliphatic heterocycles. The summed E-state index contributed by atoms with van der Waals surface area (Å²) in [6, 6.07) is 0. The predicted molar refractivity (Wildman–Crippen MR) is 66.5 cm³/mol. The molecule has 4 heteroatoms. The van der Waals surface area contributed by atoms with E-state index in [9.17, 15) is 4.79 Å². The van der Waals surface area contributed by atoms with E-state index in [1.165, 1.54) is 19.3 Å². The number of ether oxygens (including phenoxy) is 1. The molecule has 2 atom stereocenters. The highest BCUT2D eigenvalue weighted by atomic mass is 16.5. The maximum atomic E-state index is 12.4. The Kier molecular flexibility index (Phi) is 3.73. The van der Waals surface area contributed by atoms with Crippen LogP contribution in [-0.4, -0.2) is 43.7 Å². The van der Waals surface area contributed by atoms with Gasteiger partial charge in [0, 0.05) is 20.2 Å². The van der Waals surface area contributed by atoms with Crippen LogP contribution in [0, 0.1) is 11.3 Å². The van der Waals surface area contributed by atoms with Crippen LogP contribution in [0.2, 0.25) is 0 Å². The van der Waals surface area contributed by atoms with Crippen molar-refractivity contribution in [3.63, 3.8) is 0 Å². The number of nitrogens with two attached hydrogens (primary N) is 1.